The third kappa shape index (κ3) is 2.68. The molecule has 1 atom stereocenters. The number of halogens is 4. The van der Waals surface area contributed by atoms with Crippen LogP contribution in [0.25, 0.3) is 0 Å². The molecule has 0 aliphatic heterocycles. The van der Waals surface area contributed by atoms with Crippen molar-refractivity contribution in [3.05, 3.63) is 56.7 Å². The zero-order chi connectivity index (χ0) is 13.3. The molecule has 1 aromatic carbocycles. The number of rotatable bonds is 2. The summed E-state index contributed by atoms with van der Waals surface area (Å²) in [5, 5.41) is 2.23. The summed E-state index contributed by atoms with van der Waals surface area (Å²) in [7, 11) is 0. The Bertz CT molecular complexity index is 550. The van der Waals surface area contributed by atoms with Crippen molar-refractivity contribution in [2.24, 2.45) is 5.73 Å². The van der Waals surface area contributed by atoms with E-state index in [1.807, 2.05) is 0 Å². The topological polar surface area (TPSA) is 26.0 Å². The predicted octanol–water partition coefficient (Wildman–Crippen LogP) is 4.47. The molecular formula is C12H9ClF3NS. The van der Waals surface area contributed by atoms with E-state index in [9.17, 15) is 13.2 Å². The highest BCUT2D eigenvalue weighted by Gasteiger charge is 2.31. The third-order valence-electron chi connectivity index (χ3n) is 2.50. The second kappa shape index (κ2) is 4.91. The van der Waals surface area contributed by atoms with Gasteiger partial charge >= 0.3 is 6.18 Å². The number of thiophene rings is 1. The first kappa shape index (κ1) is 13.4. The molecule has 0 radical (unpaired) electrons. The Morgan fingerprint density at radius 1 is 1.22 bits per heavy atom. The molecular weight excluding hydrogens is 283 g/mol. The normalized spacial score (nSPS) is 13.6. The van der Waals surface area contributed by atoms with Crippen molar-refractivity contribution in [3.8, 4) is 0 Å². The second-order valence-corrected chi connectivity index (χ2v) is 5.09. The lowest BCUT2D eigenvalue weighted by Gasteiger charge is -2.13. The van der Waals surface area contributed by atoms with Crippen LogP contribution in [0.1, 0.15) is 22.0 Å². The van der Waals surface area contributed by atoms with Crippen LogP contribution in [0.4, 0.5) is 13.2 Å². The average molecular weight is 292 g/mol. The van der Waals surface area contributed by atoms with Gasteiger partial charge in [0.2, 0.25) is 0 Å². The molecule has 0 aliphatic carbocycles. The van der Waals surface area contributed by atoms with Gasteiger partial charge in [-0.15, -0.1) is 11.3 Å². The first-order chi connectivity index (χ1) is 8.39. The van der Waals surface area contributed by atoms with Crippen molar-refractivity contribution in [2.75, 3.05) is 0 Å². The lowest BCUT2D eigenvalue weighted by Crippen LogP contribution is -2.13. The van der Waals surface area contributed by atoms with E-state index in [2.05, 4.69) is 0 Å². The van der Waals surface area contributed by atoms with Crippen molar-refractivity contribution >= 4 is 22.9 Å². The lowest BCUT2D eigenvalue weighted by atomic mass is 10.0. The summed E-state index contributed by atoms with van der Waals surface area (Å²) in [6, 6.07) is 6.03. The fourth-order valence-electron chi connectivity index (χ4n) is 1.59. The quantitative estimate of drug-likeness (QED) is 0.868. The molecule has 0 bridgehead atoms. The fourth-order valence-corrected chi connectivity index (χ4v) is 2.79. The van der Waals surface area contributed by atoms with Crippen LogP contribution in [-0.2, 0) is 6.18 Å². The first-order valence-electron chi connectivity index (χ1n) is 5.05. The van der Waals surface area contributed by atoms with Crippen LogP contribution < -0.4 is 5.73 Å². The number of alkyl halides is 3. The van der Waals surface area contributed by atoms with Gasteiger partial charge in [-0.25, -0.2) is 0 Å². The largest absolute Gasteiger partial charge is 0.416 e. The lowest BCUT2D eigenvalue weighted by molar-refractivity contribution is -0.137. The van der Waals surface area contributed by atoms with Crippen LogP contribution in [0.2, 0.25) is 5.02 Å². The van der Waals surface area contributed by atoms with Gasteiger partial charge in [0.25, 0.3) is 0 Å². The monoisotopic (exact) mass is 291 g/mol. The molecule has 2 N–H and O–H groups in total. The van der Waals surface area contributed by atoms with Gasteiger partial charge < -0.3 is 5.73 Å². The third-order valence-corrected chi connectivity index (χ3v) is 3.94. The van der Waals surface area contributed by atoms with Crippen LogP contribution in [0.5, 0.6) is 0 Å². The Labute approximate surface area is 111 Å². The average Bonchev–Trinajstić information content (AvgIpc) is 2.73. The summed E-state index contributed by atoms with van der Waals surface area (Å²) in [5.41, 5.74) is 5.62. The molecule has 1 aromatic heterocycles. The van der Waals surface area contributed by atoms with Gasteiger partial charge in [-0.1, -0.05) is 23.7 Å². The summed E-state index contributed by atoms with van der Waals surface area (Å²) >= 11 is 7.25. The molecule has 18 heavy (non-hydrogen) atoms. The second-order valence-electron chi connectivity index (χ2n) is 3.73. The van der Waals surface area contributed by atoms with Crippen LogP contribution in [0.15, 0.2) is 35.7 Å². The first-order valence-corrected chi connectivity index (χ1v) is 6.31. The Balaban J connectivity index is 2.38. The zero-order valence-electron chi connectivity index (χ0n) is 9.04. The molecule has 0 aliphatic rings. The Morgan fingerprint density at radius 2 is 1.94 bits per heavy atom. The Morgan fingerprint density at radius 3 is 2.50 bits per heavy atom. The fraction of sp³-hybridized carbons (Fsp3) is 0.167. The number of hydrogen-bond donors (Lipinski definition) is 1. The van der Waals surface area contributed by atoms with E-state index in [4.69, 9.17) is 17.3 Å². The SMILES string of the molecule is NC(c1cccc(C(F)(F)F)c1)c1sccc1Cl. The number of nitrogens with two attached hydrogens (primary N) is 1. The standard InChI is InChI=1S/C12H9ClF3NS/c13-9-4-5-18-11(9)10(17)7-2-1-3-8(6-7)12(14,15)16/h1-6,10H,17H2. The molecule has 0 saturated heterocycles. The van der Waals surface area contributed by atoms with E-state index < -0.39 is 17.8 Å². The summed E-state index contributed by atoms with van der Waals surface area (Å²) in [5.74, 6) is 0. The zero-order valence-corrected chi connectivity index (χ0v) is 10.6. The smallest absolute Gasteiger partial charge is 0.320 e. The van der Waals surface area contributed by atoms with Gasteiger partial charge in [0.15, 0.2) is 0 Å². The molecule has 2 rings (SSSR count). The van der Waals surface area contributed by atoms with Crippen molar-refractivity contribution in [1.29, 1.82) is 0 Å². The minimum Gasteiger partial charge on any atom is -0.320 e. The van der Waals surface area contributed by atoms with Crippen LogP contribution in [0, 0.1) is 0 Å². The van der Waals surface area contributed by atoms with Gasteiger partial charge in [-0.05, 0) is 29.1 Å². The summed E-state index contributed by atoms with van der Waals surface area (Å²) in [6.45, 7) is 0. The van der Waals surface area contributed by atoms with Gasteiger partial charge in [-0.2, -0.15) is 13.2 Å². The maximum Gasteiger partial charge on any atom is 0.416 e. The molecule has 0 fully saturated rings. The number of hydrogen-bond acceptors (Lipinski definition) is 2. The molecule has 6 heteroatoms. The van der Waals surface area contributed by atoms with Gasteiger partial charge in [-0.3, -0.25) is 0 Å². The highest BCUT2D eigenvalue weighted by molar-refractivity contribution is 7.10. The van der Waals surface area contributed by atoms with E-state index in [0.717, 1.165) is 12.1 Å². The van der Waals surface area contributed by atoms with Gasteiger partial charge in [0, 0.05) is 4.88 Å². The minimum absolute atomic E-state index is 0.397. The summed E-state index contributed by atoms with van der Waals surface area (Å²) in [6.07, 6.45) is -4.37. The van der Waals surface area contributed by atoms with Crippen molar-refractivity contribution in [2.45, 2.75) is 12.2 Å². The minimum atomic E-state index is -4.37. The predicted molar refractivity (Wildman–Crippen MR) is 66.8 cm³/mol. The van der Waals surface area contributed by atoms with Crippen LogP contribution in [-0.4, -0.2) is 0 Å². The highest BCUT2D eigenvalue weighted by atomic mass is 35.5. The molecule has 1 heterocycles. The Kier molecular flexibility index (Phi) is 3.66. The summed E-state index contributed by atoms with van der Waals surface area (Å²) < 4.78 is 37.8. The molecule has 0 amide bonds. The molecule has 1 unspecified atom stereocenters. The van der Waals surface area contributed by atoms with Gasteiger partial charge in [0.05, 0.1) is 16.6 Å². The maximum absolute atomic E-state index is 12.6. The van der Waals surface area contributed by atoms with Gasteiger partial charge in [0.1, 0.15) is 0 Å². The molecule has 0 saturated carbocycles. The van der Waals surface area contributed by atoms with E-state index in [0.29, 0.717) is 15.5 Å². The van der Waals surface area contributed by atoms with E-state index in [1.165, 1.54) is 17.4 Å². The highest BCUT2D eigenvalue weighted by Crippen LogP contribution is 2.34. The molecule has 96 valence electrons. The Hall–Kier alpha value is -1.04. The van der Waals surface area contributed by atoms with E-state index in [-0.39, 0.29) is 0 Å². The van der Waals surface area contributed by atoms with Crippen molar-refractivity contribution in [1.82, 2.24) is 0 Å². The van der Waals surface area contributed by atoms with E-state index in [1.54, 1.807) is 17.5 Å². The molecule has 1 nitrogen and oxygen atoms in total. The van der Waals surface area contributed by atoms with Crippen LogP contribution >= 0.6 is 22.9 Å². The van der Waals surface area contributed by atoms with Crippen molar-refractivity contribution in [3.63, 3.8) is 0 Å². The molecule has 0 spiro atoms. The van der Waals surface area contributed by atoms with Crippen LogP contribution in [0.3, 0.4) is 0 Å². The van der Waals surface area contributed by atoms with E-state index >= 15 is 0 Å². The van der Waals surface area contributed by atoms with Crippen molar-refractivity contribution < 1.29 is 13.2 Å². The molecule has 2 aromatic rings. The summed E-state index contributed by atoms with van der Waals surface area (Å²) in [4.78, 5) is 0.663. The number of benzene rings is 1. The maximum atomic E-state index is 12.6.